The minimum absolute atomic E-state index is 0.167. The van der Waals surface area contributed by atoms with Gasteiger partial charge in [0.1, 0.15) is 0 Å². The Hall–Kier alpha value is -1.97. The van der Waals surface area contributed by atoms with Gasteiger partial charge < -0.3 is 4.74 Å². The number of morpholine rings is 1. The van der Waals surface area contributed by atoms with Crippen LogP contribution in [0, 0.1) is 6.92 Å². The summed E-state index contributed by atoms with van der Waals surface area (Å²) in [5.41, 5.74) is 3.82. The highest BCUT2D eigenvalue weighted by Crippen LogP contribution is 2.25. The van der Waals surface area contributed by atoms with Crippen LogP contribution in [0.5, 0.6) is 0 Å². The molecule has 1 aliphatic rings. The van der Waals surface area contributed by atoms with E-state index in [1.54, 1.807) is 0 Å². The van der Waals surface area contributed by atoms with Crippen molar-refractivity contribution in [2.24, 2.45) is 0 Å². The topological polar surface area (TPSA) is 29.5 Å². The molecule has 1 fully saturated rings. The standard InChI is InChI=1S/C21H25NO2/c1-16-4-6-17(7-5-16)18-8-10-19(11-9-18)20(23)21(2,3)22-12-14-24-15-13-22/h4-11H,12-15H2,1-3H3. The zero-order chi connectivity index (χ0) is 17.2. The molecule has 2 aromatic rings. The molecule has 1 saturated heterocycles. The number of aryl methyl sites for hydroxylation is 1. The van der Waals surface area contributed by atoms with E-state index >= 15 is 0 Å². The summed E-state index contributed by atoms with van der Waals surface area (Å²) < 4.78 is 5.40. The Bertz CT molecular complexity index is 696. The van der Waals surface area contributed by atoms with Crippen LogP contribution in [0.3, 0.4) is 0 Å². The van der Waals surface area contributed by atoms with Crippen LogP contribution in [0.4, 0.5) is 0 Å². The number of ketones is 1. The molecule has 3 rings (SSSR count). The molecule has 3 nitrogen and oxygen atoms in total. The lowest BCUT2D eigenvalue weighted by Crippen LogP contribution is -2.54. The van der Waals surface area contributed by atoms with Gasteiger partial charge in [-0.3, -0.25) is 9.69 Å². The maximum Gasteiger partial charge on any atom is 0.182 e. The number of Topliss-reactive ketones (excluding diaryl/α,β-unsaturated/α-hetero) is 1. The number of hydrogen-bond donors (Lipinski definition) is 0. The lowest BCUT2D eigenvalue weighted by Gasteiger charge is -2.39. The average Bonchev–Trinajstić information content (AvgIpc) is 2.62. The van der Waals surface area contributed by atoms with Crippen molar-refractivity contribution in [3.63, 3.8) is 0 Å². The summed E-state index contributed by atoms with van der Waals surface area (Å²) in [6.45, 7) is 9.11. The van der Waals surface area contributed by atoms with Crippen molar-refractivity contribution in [2.45, 2.75) is 26.3 Å². The zero-order valence-electron chi connectivity index (χ0n) is 14.7. The van der Waals surface area contributed by atoms with E-state index in [9.17, 15) is 4.79 Å². The summed E-state index contributed by atoms with van der Waals surface area (Å²) >= 11 is 0. The fourth-order valence-electron chi connectivity index (χ4n) is 3.18. The Kier molecular flexibility index (Phi) is 4.83. The monoisotopic (exact) mass is 323 g/mol. The van der Waals surface area contributed by atoms with Crippen LogP contribution in [0.15, 0.2) is 48.5 Å². The van der Waals surface area contributed by atoms with Crippen LogP contribution in [0.1, 0.15) is 29.8 Å². The van der Waals surface area contributed by atoms with E-state index in [0.717, 1.165) is 24.2 Å². The molecule has 0 unspecified atom stereocenters. The van der Waals surface area contributed by atoms with Gasteiger partial charge in [0.05, 0.1) is 18.8 Å². The average molecular weight is 323 g/mol. The fraction of sp³-hybridized carbons (Fsp3) is 0.381. The van der Waals surface area contributed by atoms with Gasteiger partial charge in [-0.2, -0.15) is 0 Å². The molecule has 0 bridgehead atoms. The van der Waals surface area contributed by atoms with Gasteiger partial charge in [-0.25, -0.2) is 0 Å². The van der Waals surface area contributed by atoms with Gasteiger partial charge in [-0.1, -0.05) is 54.1 Å². The third-order valence-corrected chi connectivity index (χ3v) is 4.89. The number of carbonyl (C=O) groups excluding carboxylic acids is 1. The fourth-order valence-corrected chi connectivity index (χ4v) is 3.18. The van der Waals surface area contributed by atoms with Crippen molar-refractivity contribution >= 4 is 5.78 Å². The molecule has 0 amide bonds. The van der Waals surface area contributed by atoms with Crippen LogP contribution in [-0.4, -0.2) is 42.5 Å². The van der Waals surface area contributed by atoms with E-state index in [4.69, 9.17) is 4.74 Å². The second-order valence-corrected chi connectivity index (χ2v) is 6.93. The normalized spacial score (nSPS) is 16.1. The summed E-state index contributed by atoms with van der Waals surface area (Å²) in [4.78, 5) is 15.2. The summed E-state index contributed by atoms with van der Waals surface area (Å²) in [7, 11) is 0. The van der Waals surface area contributed by atoms with Crippen molar-refractivity contribution in [1.29, 1.82) is 0 Å². The minimum atomic E-state index is -0.505. The molecule has 0 aliphatic carbocycles. The Morgan fingerprint density at radius 2 is 1.42 bits per heavy atom. The molecule has 1 heterocycles. The molecular formula is C21H25NO2. The van der Waals surface area contributed by atoms with Gasteiger partial charge in [0, 0.05) is 18.7 Å². The molecule has 0 radical (unpaired) electrons. The van der Waals surface area contributed by atoms with Crippen LogP contribution in [0.25, 0.3) is 11.1 Å². The number of ether oxygens (including phenoxy) is 1. The number of rotatable bonds is 4. The lowest BCUT2D eigenvalue weighted by atomic mass is 9.90. The van der Waals surface area contributed by atoms with E-state index in [0.29, 0.717) is 13.2 Å². The Balaban J connectivity index is 1.79. The molecule has 0 aromatic heterocycles. The van der Waals surface area contributed by atoms with Crippen molar-refractivity contribution in [3.8, 4) is 11.1 Å². The Morgan fingerprint density at radius 1 is 0.917 bits per heavy atom. The predicted molar refractivity (Wildman–Crippen MR) is 97.4 cm³/mol. The van der Waals surface area contributed by atoms with E-state index < -0.39 is 5.54 Å². The summed E-state index contributed by atoms with van der Waals surface area (Å²) in [5.74, 6) is 0.167. The third kappa shape index (κ3) is 3.42. The van der Waals surface area contributed by atoms with Gasteiger partial charge in [-0.05, 0) is 31.9 Å². The first-order valence-electron chi connectivity index (χ1n) is 8.53. The molecule has 3 heteroatoms. The van der Waals surface area contributed by atoms with Crippen LogP contribution >= 0.6 is 0 Å². The molecule has 1 aliphatic heterocycles. The second-order valence-electron chi connectivity index (χ2n) is 6.93. The number of carbonyl (C=O) groups is 1. The molecule has 0 N–H and O–H groups in total. The Labute approximate surface area is 144 Å². The second kappa shape index (κ2) is 6.88. The van der Waals surface area contributed by atoms with Gasteiger partial charge in [0.25, 0.3) is 0 Å². The molecule has 126 valence electrons. The summed E-state index contributed by atoms with van der Waals surface area (Å²) in [5, 5.41) is 0. The third-order valence-electron chi connectivity index (χ3n) is 4.89. The SMILES string of the molecule is Cc1ccc(-c2ccc(C(=O)C(C)(C)N3CCOCC3)cc2)cc1. The maximum atomic E-state index is 13.0. The smallest absolute Gasteiger partial charge is 0.182 e. The van der Waals surface area contributed by atoms with E-state index in [2.05, 4.69) is 36.1 Å². The number of nitrogens with zero attached hydrogens (tertiary/aromatic N) is 1. The van der Waals surface area contributed by atoms with Gasteiger partial charge in [-0.15, -0.1) is 0 Å². The lowest BCUT2D eigenvalue weighted by molar-refractivity contribution is -0.00429. The van der Waals surface area contributed by atoms with Crippen LogP contribution < -0.4 is 0 Å². The Morgan fingerprint density at radius 3 is 1.96 bits per heavy atom. The van der Waals surface area contributed by atoms with Crippen molar-refractivity contribution in [3.05, 3.63) is 59.7 Å². The first-order valence-corrected chi connectivity index (χ1v) is 8.53. The molecule has 0 spiro atoms. The van der Waals surface area contributed by atoms with Crippen LogP contribution in [-0.2, 0) is 4.74 Å². The van der Waals surface area contributed by atoms with E-state index in [-0.39, 0.29) is 5.78 Å². The van der Waals surface area contributed by atoms with Crippen LogP contribution in [0.2, 0.25) is 0 Å². The van der Waals surface area contributed by atoms with Crippen molar-refractivity contribution in [1.82, 2.24) is 4.90 Å². The highest BCUT2D eigenvalue weighted by atomic mass is 16.5. The van der Waals surface area contributed by atoms with Gasteiger partial charge in [0.15, 0.2) is 5.78 Å². The summed E-state index contributed by atoms with van der Waals surface area (Å²) in [6, 6.07) is 16.4. The highest BCUT2D eigenvalue weighted by Gasteiger charge is 2.35. The minimum Gasteiger partial charge on any atom is -0.379 e. The van der Waals surface area contributed by atoms with Gasteiger partial charge in [0.2, 0.25) is 0 Å². The zero-order valence-corrected chi connectivity index (χ0v) is 14.7. The molecule has 2 aromatic carbocycles. The largest absolute Gasteiger partial charge is 0.379 e. The van der Waals surface area contributed by atoms with Crippen molar-refractivity contribution < 1.29 is 9.53 Å². The molecule has 0 atom stereocenters. The highest BCUT2D eigenvalue weighted by molar-refractivity contribution is 6.03. The number of hydrogen-bond acceptors (Lipinski definition) is 3. The number of benzene rings is 2. The maximum absolute atomic E-state index is 13.0. The summed E-state index contributed by atoms with van der Waals surface area (Å²) in [6.07, 6.45) is 0. The quantitative estimate of drug-likeness (QED) is 0.798. The predicted octanol–water partition coefficient (Wildman–Crippen LogP) is 3.96. The van der Waals surface area contributed by atoms with E-state index in [1.165, 1.54) is 11.1 Å². The van der Waals surface area contributed by atoms with E-state index in [1.807, 2.05) is 38.1 Å². The first-order chi connectivity index (χ1) is 11.5. The first kappa shape index (κ1) is 16.9. The van der Waals surface area contributed by atoms with Crippen molar-refractivity contribution in [2.75, 3.05) is 26.3 Å². The molecular weight excluding hydrogens is 298 g/mol. The van der Waals surface area contributed by atoms with Gasteiger partial charge >= 0.3 is 0 Å². The molecule has 0 saturated carbocycles. The molecule has 24 heavy (non-hydrogen) atoms.